The zero-order valence-corrected chi connectivity index (χ0v) is 17.7. The van der Waals surface area contributed by atoms with Crippen LogP contribution in [0, 0.1) is 0 Å². The Balaban J connectivity index is 1.82. The summed E-state index contributed by atoms with van der Waals surface area (Å²) >= 11 is 0. The first-order valence-electron chi connectivity index (χ1n) is 9.27. The summed E-state index contributed by atoms with van der Waals surface area (Å²) in [6, 6.07) is 6.02. The fourth-order valence-corrected chi connectivity index (χ4v) is 4.44. The maximum Gasteiger partial charge on any atom is 0.309 e. The maximum atomic E-state index is 12.2. The lowest BCUT2D eigenvalue weighted by Gasteiger charge is -2.46. The molecule has 2 rings (SSSR count). The molecule has 0 saturated carbocycles. The fraction of sp³-hybridized carbons (Fsp3) is 0.579. The molecule has 0 aromatic heterocycles. The monoisotopic (exact) mass is 410 g/mol. The number of hydrogen-bond donors (Lipinski definition) is 4. The van der Waals surface area contributed by atoms with Gasteiger partial charge in [0.15, 0.2) is 0 Å². The fourth-order valence-electron chi connectivity index (χ4n) is 3.92. The van der Waals surface area contributed by atoms with Crippen LogP contribution in [0.3, 0.4) is 0 Å². The number of nitrogens with one attached hydrogen (secondary N) is 3. The van der Waals surface area contributed by atoms with Crippen molar-refractivity contribution in [3.63, 3.8) is 0 Å². The predicted molar refractivity (Wildman–Crippen MR) is 107 cm³/mol. The average molecular weight is 411 g/mol. The van der Waals surface area contributed by atoms with Crippen LogP contribution in [0.1, 0.15) is 46.1 Å². The Bertz CT molecular complexity index is 816. The zero-order valence-electron chi connectivity index (χ0n) is 16.8. The Morgan fingerprint density at radius 2 is 1.61 bits per heavy atom. The van der Waals surface area contributed by atoms with Gasteiger partial charge in [0.05, 0.1) is 4.90 Å². The summed E-state index contributed by atoms with van der Waals surface area (Å²) < 4.78 is 22.5. The molecular formula is C19H30N4O4S. The molecule has 0 radical (unpaired) electrons. The van der Waals surface area contributed by atoms with Gasteiger partial charge in [0.2, 0.25) is 10.0 Å². The summed E-state index contributed by atoms with van der Waals surface area (Å²) in [5.41, 5.74) is 0.577. The molecule has 1 saturated heterocycles. The lowest BCUT2D eigenvalue weighted by Crippen LogP contribution is -2.62. The minimum absolute atomic E-state index is 0.0347. The SMILES string of the molecule is CC1(C)CC(NC(=O)C(=O)NCCc2ccc(S(N)(=O)=O)cc2)CC(C)(C)N1. The molecular weight excluding hydrogens is 380 g/mol. The van der Waals surface area contributed by atoms with E-state index >= 15 is 0 Å². The molecule has 1 aromatic carbocycles. The van der Waals surface area contributed by atoms with Crippen LogP contribution in [0.2, 0.25) is 0 Å². The Morgan fingerprint density at radius 3 is 2.11 bits per heavy atom. The second-order valence-corrected chi connectivity index (χ2v) is 10.2. The van der Waals surface area contributed by atoms with Crippen LogP contribution in [-0.4, -0.2) is 43.9 Å². The van der Waals surface area contributed by atoms with Crippen LogP contribution in [0.5, 0.6) is 0 Å². The normalized spacial score (nSPS) is 19.0. The largest absolute Gasteiger partial charge is 0.348 e. The molecule has 1 aliphatic heterocycles. The van der Waals surface area contributed by atoms with Crippen LogP contribution in [0.25, 0.3) is 0 Å². The minimum atomic E-state index is -3.72. The Labute approximate surface area is 166 Å². The van der Waals surface area contributed by atoms with Crippen molar-refractivity contribution < 1.29 is 18.0 Å². The number of piperidine rings is 1. The summed E-state index contributed by atoms with van der Waals surface area (Å²) in [6.07, 6.45) is 1.95. The molecule has 1 heterocycles. The van der Waals surface area contributed by atoms with Gasteiger partial charge in [0, 0.05) is 23.7 Å². The molecule has 1 aromatic rings. The van der Waals surface area contributed by atoms with Crippen molar-refractivity contribution in [2.45, 2.75) is 69.0 Å². The van der Waals surface area contributed by atoms with Crippen molar-refractivity contribution in [1.29, 1.82) is 0 Å². The first-order chi connectivity index (χ1) is 12.8. The van der Waals surface area contributed by atoms with E-state index in [1.807, 2.05) is 0 Å². The van der Waals surface area contributed by atoms with Gasteiger partial charge in [-0.2, -0.15) is 0 Å². The first-order valence-corrected chi connectivity index (χ1v) is 10.8. The van der Waals surface area contributed by atoms with E-state index in [2.05, 4.69) is 43.6 Å². The minimum Gasteiger partial charge on any atom is -0.348 e. The third kappa shape index (κ3) is 6.57. The van der Waals surface area contributed by atoms with Crippen molar-refractivity contribution in [2.24, 2.45) is 5.14 Å². The van der Waals surface area contributed by atoms with E-state index < -0.39 is 21.8 Å². The van der Waals surface area contributed by atoms with Crippen LogP contribution >= 0.6 is 0 Å². The quantitative estimate of drug-likeness (QED) is 0.523. The summed E-state index contributed by atoms with van der Waals surface area (Å²) in [4.78, 5) is 24.3. The van der Waals surface area contributed by atoms with Crippen LogP contribution < -0.4 is 21.1 Å². The maximum absolute atomic E-state index is 12.2. The van der Waals surface area contributed by atoms with Gasteiger partial charge in [0.25, 0.3) is 0 Å². The smallest absolute Gasteiger partial charge is 0.309 e. The number of nitrogens with two attached hydrogens (primary N) is 1. The van der Waals surface area contributed by atoms with E-state index in [9.17, 15) is 18.0 Å². The number of hydrogen-bond acceptors (Lipinski definition) is 5. The summed E-state index contributed by atoms with van der Waals surface area (Å²) in [5, 5.41) is 14.0. The molecule has 8 nitrogen and oxygen atoms in total. The molecule has 0 aliphatic carbocycles. The molecule has 0 bridgehead atoms. The van der Waals surface area contributed by atoms with Crippen molar-refractivity contribution >= 4 is 21.8 Å². The van der Waals surface area contributed by atoms with Gasteiger partial charge < -0.3 is 16.0 Å². The second-order valence-electron chi connectivity index (χ2n) is 8.67. The third-order valence-electron chi connectivity index (χ3n) is 4.68. The Morgan fingerprint density at radius 1 is 1.07 bits per heavy atom. The highest BCUT2D eigenvalue weighted by Gasteiger charge is 2.38. The predicted octanol–water partition coefficient (Wildman–Crippen LogP) is 0.418. The van der Waals surface area contributed by atoms with Gasteiger partial charge in [-0.15, -0.1) is 0 Å². The van der Waals surface area contributed by atoms with Gasteiger partial charge in [-0.1, -0.05) is 12.1 Å². The molecule has 1 aliphatic rings. The molecule has 0 spiro atoms. The van der Waals surface area contributed by atoms with E-state index in [4.69, 9.17) is 5.14 Å². The summed E-state index contributed by atoms with van der Waals surface area (Å²) in [5.74, 6) is -1.31. The van der Waals surface area contributed by atoms with Crippen molar-refractivity contribution in [2.75, 3.05) is 6.54 Å². The highest BCUT2D eigenvalue weighted by molar-refractivity contribution is 7.89. The van der Waals surface area contributed by atoms with Gasteiger partial charge in [-0.25, -0.2) is 13.6 Å². The number of sulfonamides is 1. The van der Waals surface area contributed by atoms with E-state index in [0.717, 1.165) is 18.4 Å². The van der Waals surface area contributed by atoms with Crippen LogP contribution in [-0.2, 0) is 26.0 Å². The topological polar surface area (TPSA) is 130 Å². The lowest BCUT2D eigenvalue weighted by atomic mass is 9.79. The second kappa shape index (κ2) is 8.18. The number of amides is 2. The number of rotatable bonds is 5. The zero-order chi connectivity index (χ0) is 21.2. The molecule has 2 amide bonds. The van der Waals surface area contributed by atoms with Crippen LogP contribution in [0.15, 0.2) is 29.2 Å². The number of carbonyl (C=O) groups excluding carboxylic acids is 2. The summed E-state index contributed by atoms with van der Waals surface area (Å²) in [7, 11) is -3.72. The van der Waals surface area contributed by atoms with Crippen molar-refractivity contribution in [3.05, 3.63) is 29.8 Å². The van der Waals surface area contributed by atoms with E-state index in [1.54, 1.807) is 12.1 Å². The highest BCUT2D eigenvalue weighted by atomic mass is 32.2. The average Bonchev–Trinajstić information content (AvgIpc) is 2.51. The summed E-state index contributed by atoms with van der Waals surface area (Å²) in [6.45, 7) is 8.58. The molecule has 1 fully saturated rings. The Kier molecular flexibility index (Phi) is 6.52. The van der Waals surface area contributed by atoms with Gasteiger partial charge in [0.1, 0.15) is 0 Å². The Hall–Kier alpha value is -1.97. The number of benzene rings is 1. The highest BCUT2D eigenvalue weighted by Crippen LogP contribution is 2.28. The number of carbonyl (C=O) groups is 2. The molecule has 0 atom stereocenters. The molecule has 156 valence electrons. The van der Waals surface area contributed by atoms with Gasteiger partial charge in [-0.3, -0.25) is 9.59 Å². The lowest BCUT2D eigenvalue weighted by molar-refractivity contribution is -0.140. The molecule has 28 heavy (non-hydrogen) atoms. The van der Waals surface area contributed by atoms with Gasteiger partial charge >= 0.3 is 11.8 Å². The molecule has 5 N–H and O–H groups in total. The van der Waals surface area contributed by atoms with E-state index in [1.165, 1.54) is 12.1 Å². The van der Waals surface area contributed by atoms with E-state index in [-0.39, 0.29) is 28.6 Å². The van der Waals surface area contributed by atoms with Crippen LogP contribution in [0.4, 0.5) is 0 Å². The van der Waals surface area contributed by atoms with E-state index in [0.29, 0.717) is 6.42 Å². The van der Waals surface area contributed by atoms with Crippen molar-refractivity contribution in [1.82, 2.24) is 16.0 Å². The standard InChI is InChI=1S/C19H30N4O4S/c1-18(2)11-14(12-19(3,4)23-18)22-17(25)16(24)21-10-9-13-5-7-15(8-6-13)28(20,26)27/h5-8,14,23H,9-12H2,1-4H3,(H,21,24)(H,22,25)(H2,20,26,27). The molecule has 9 heteroatoms. The van der Waals surface area contributed by atoms with Gasteiger partial charge in [-0.05, 0) is 64.7 Å². The third-order valence-corrected chi connectivity index (χ3v) is 5.61. The first kappa shape index (κ1) is 22.3. The molecule has 0 unspecified atom stereocenters. The van der Waals surface area contributed by atoms with Crippen molar-refractivity contribution in [3.8, 4) is 0 Å². The number of primary sulfonamides is 1.